The second-order valence-corrected chi connectivity index (χ2v) is 4.62. The van der Waals surface area contributed by atoms with Crippen molar-refractivity contribution >= 4 is 5.91 Å². The van der Waals surface area contributed by atoms with Gasteiger partial charge in [-0.2, -0.15) is 0 Å². The fourth-order valence-electron chi connectivity index (χ4n) is 2.08. The van der Waals surface area contributed by atoms with E-state index in [1.165, 1.54) is 6.20 Å². The SMILES string of the molecule is Cc1cnc(C(=O)NCC(C)c2c(C)noc2C)o1. The van der Waals surface area contributed by atoms with E-state index in [4.69, 9.17) is 8.94 Å². The Balaban J connectivity index is 1.97. The zero-order chi connectivity index (χ0) is 14.0. The zero-order valence-electron chi connectivity index (χ0n) is 11.5. The van der Waals surface area contributed by atoms with E-state index in [0.717, 1.165) is 17.0 Å². The Morgan fingerprint density at radius 1 is 1.42 bits per heavy atom. The fourth-order valence-corrected chi connectivity index (χ4v) is 2.08. The summed E-state index contributed by atoms with van der Waals surface area (Å²) in [7, 11) is 0. The van der Waals surface area contributed by atoms with Gasteiger partial charge in [0.05, 0.1) is 11.9 Å². The van der Waals surface area contributed by atoms with Crippen molar-refractivity contribution in [3.05, 3.63) is 34.9 Å². The van der Waals surface area contributed by atoms with Crippen LogP contribution in [0.25, 0.3) is 0 Å². The Hall–Kier alpha value is -2.11. The largest absolute Gasteiger partial charge is 0.438 e. The van der Waals surface area contributed by atoms with Gasteiger partial charge in [0, 0.05) is 18.0 Å². The van der Waals surface area contributed by atoms with Crippen molar-refractivity contribution in [1.29, 1.82) is 0 Å². The first-order valence-electron chi connectivity index (χ1n) is 6.12. The maximum atomic E-state index is 11.8. The molecule has 6 heteroatoms. The predicted octanol–water partition coefficient (Wildman–Crippen LogP) is 2.12. The van der Waals surface area contributed by atoms with Gasteiger partial charge in [-0.1, -0.05) is 12.1 Å². The smallest absolute Gasteiger partial charge is 0.307 e. The van der Waals surface area contributed by atoms with Crippen molar-refractivity contribution in [2.24, 2.45) is 0 Å². The van der Waals surface area contributed by atoms with Crippen molar-refractivity contribution in [1.82, 2.24) is 15.5 Å². The molecule has 2 aromatic heterocycles. The third-order valence-electron chi connectivity index (χ3n) is 2.97. The molecule has 102 valence electrons. The number of hydrogen-bond acceptors (Lipinski definition) is 5. The second-order valence-electron chi connectivity index (χ2n) is 4.62. The number of rotatable bonds is 4. The number of carbonyl (C=O) groups is 1. The highest BCUT2D eigenvalue weighted by Gasteiger charge is 2.18. The van der Waals surface area contributed by atoms with Crippen LogP contribution >= 0.6 is 0 Å². The standard InChI is InChI=1S/C13H17N3O3/c1-7(11-9(3)16-19-10(11)4)5-14-12(17)13-15-6-8(2)18-13/h6-7H,5H2,1-4H3,(H,14,17). The maximum Gasteiger partial charge on any atom is 0.307 e. The van der Waals surface area contributed by atoms with Crippen molar-refractivity contribution < 1.29 is 13.7 Å². The van der Waals surface area contributed by atoms with Gasteiger partial charge in [0.25, 0.3) is 5.89 Å². The van der Waals surface area contributed by atoms with E-state index in [1.54, 1.807) is 6.92 Å². The van der Waals surface area contributed by atoms with Crippen LogP contribution in [0.1, 0.15) is 46.3 Å². The summed E-state index contributed by atoms with van der Waals surface area (Å²) in [6.07, 6.45) is 1.52. The Kier molecular flexibility index (Phi) is 3.69. The lowest BCUT2D eigenvalue weighted by Gasteiger charge is -2.11. The van der Waals surface area contributed by atoms with Crippen molar-refractivity contribution in [3.8, 4) is 0 Å². The summed E-state index contributed by atoms with van der Waals surface area (Å²) < 4.78 is 10.3. The number of aromatic nitrogens is 2. The molecule has 2 rings (SSSR count). The summed E-state index contributed by atoms with van der Waals surface area (Å²) in [5, 5.41) is 6.70. The number of nitrogens with zero attached hydrogens (tertiary/aromatic N) is 2. The van der Waals surface area contributed by atoms with Crippen LogP contribution in [0.5, 0.6) is 0 Å². The average molecular weight is 263 g/mol. The lowest BCUT2D eigenvalue weighted by atomic mass is 9.99. The summed E-state index contributed by atoms with van der Waals surface area (Å²) in [6.45, 7) is 7.99. The fraction of sp³-hybridized carbons (Fsp3) is 0.462. The molecular formula is C13H17N3O3. The number of carbonyl (C=O) groups excluding carboxylic acids is 1. The van der Waals surface area contributed by atoms with Gasteiger partial charge in [-0.25, -0.2) is 4.98 Å². The molecule has 1 unspecified atom stereocenters. The lowest BCUT2D eigenvalue weighted by molar-refractivity contribution is 0.0915. The van der Waals surface area contributed by atoms with Crippen LogP contribution in [0.4, 0.5) is 0 Å². The molecule has 0 aliphatic rings. The van der Waals surface area contributed by atoms with Gasteiger partial charge in [0.15, 0.2) is 0 Å². The maximum absolute atomic E-state index is 11.8. The number of hydrogen-bond donors (Lipinski definition) is 1. The van der Waals surface area contributed by atoms with Crippen LogP contribution in [0.3, 0.4) is 0 Å². The molecule has 0 saturated heterocycles. The van der Waals surface area contributed by atoms with Gasteiger partial charge >= 0.3 is 5.91 Å². The van der Waals surface area contributed by atoms with E-state index in [0.29, 0.717) is 12.3 Å². The number of nitrogens with one attached hydrogen (secondary N) is 1. The molecule has 0 aliphatic carbocycles. The summed E-state index contributed by atoms with van der Waals surface area (Å²) >= 11 is 0. The lowest BCUT2D eigenvalue weighted by Crippen LogP contribution is -2.28. The minimum atomic E-state index is -0.313. The number of amides is 1. The van der Waals surface area contributed by atoms with E-state index < -0.39 is 0 Å². The van der Waals surface area contributed by atoms with Crippen LogP contribution in [0.15, 0.2) is 15.1 Å². The van der Waals surface area contributed by atoms with Crippen LogP contribution in [0.2, 0.25) is 0 Å². The minimum Gasteiger partial charge on any atom is -0.438 e. The highest BCUT2D eigenvalue weighted by molar-refractivity contribution is 5.89. The van der Waals surface area contributed by atoms with E-state index >= 15 is 0 Å². The zero-order valence-corrected chi connectivity index (χ0v) is 11.5. The number of oxazole rings is 1. The third kappa shape index (κ3) is 2.83. The molecule has 1 atom stereocenters. The predicted molar refractivity (Wildman–Crippen MR) is 68.0 cm³/mol. The first-order valence-corrected chi connectivity index (χ1v) is 6.12. The average Bonchev–Trinajstić information content (AvgIpc) is 2.93. The van der Waals surface area contributed by atoms with E-state index in [1.807, 2.05) is 20.8 Å². The van der Waals surface area contributed by atoms with Gasteiger partial charge < -0.3 is 14.3 Å². The Morgan fingerprint density at radius 2 is 2.16 bits per heavy atom. The normalized spacial score (nSPS) is 12.4. The van der Waals surface area contributed by atoms with Crippen molar-refractivity contribution in [2.75, 3.05) is 6.54 Å². The summed E-state index contributed by atoms with van der Waals surface area (Å²) in [4.78, 5) is 15.7. The molecule has 0 aromatic carbocycles. The van der Waals surface area contributed by atoms with Crippen molar-refractivity contribution in [2.45, 2.75) is 33.6 Å². The van der Waals surface area contributed by atoms with Crippen LogP contribution in [-0.4, -0.2) is 22.6 Å². The third-order valence-corrected chi connectivity index (χ3v) is 2.97. The van der Waals surface area contributed by atoms with E-state index in [9.17, 15) is 4.79 Å². The highest BCUT2D eigenvalue weighted by Crippen LogP contribution is 2.22. The molecule has 0 aliphatic heterocycles. The molecule has 0 saturated carbocycles. The molecule has 6 nitrogen and oxygen atoms in total. The molecule has 0 bridgehead atoms. The van der Waals surface area contributed by atoms with Crippen LogP contribution in [0, 0.1) is 20.8 Å². The molecule has 1 amide bonds. The molecule has 1 N–H and O–H groups in total. The molecule has 2 heterocycles. The monoisotopic (exact) mass is 263 g/mol. The Bertz CT molecular complexity index is 566. The first kappa shape index (κ1) is 13.3. The minimum absolute atomic E-state index is 0.0865. The molecule has 0 spiro atoms. The summed E-state index contributed by atoms with van der Waals surface area (Å²) in [6, 6.07) is 0. The van der Waals surface area contributed by atoms with Gasteiger partial charge in [-0.3, -0.25) is 4.79 Å². The molecule has 0 fully saturated rings. The van der Waals surface area contributed by atoms with Crippen LogP contribution < -0.4 is 5.32 Å². The molecular weight excluding hydrogens is 246 g/mol. The number of aryl methyl sites for hydroxylation is 3. The first-order chi connectivity index (χ1) is 8.99. The van der Waals surface area contributed by atoms with Crippen molar-refractivity contribution in [3.63, 3.8) is 0 Å². The van der Waals surface area contributed by atoms with Gasteiger partial charge in [0.1, 0.15) is 11.5 Å². The molecule has 0 radical (unpaired) electrons. The van der Waals surface area contributed by atoms with Gasteiger partial charge in [-0.15, -0.1) is 0 Å². The molecule has 19 heavy (non-hydrogen) atoms. The summed E-state index contributed by atoms with van der Waals surface area (Å²) in [5.41, 5.74) is 1.88. The topological polar surface area (TPSA) is 81.2 Å². The van der Waals surface area contributed by atoms with Gasteiger partial charge in [0.2, 0.25) is 0 Å². The van der Waals surface area contributed by atoms with Crippen LogP contribution in [-0.2, 0) is 0 Å². The highest BCUT2D eigenvalue weighted by atomic mass is 16.5. The Morgan fingerprint density at radius 3 is 2.68 bits per heavy atom. The van der Waals surface area contributed by atoms with Gasteiger partial charge in [-0.05, 0) is 20.8 Å². The Labute approximate surface area is 111 Å². The summed E-state index contributed by atoms with van der Waals surface area (Å²) in [5.74, 6) is 1.29. The van der Waals surface area contributed by atoms with E-state index in [2.05, 4.69) is 15.5 Å². The second kappa shape index (κ2) is 5.26. The molecule has 2 aromatic rings. The van der Waals surface area contributed by atoms with E-state index in [-0.39, 0.29) is 17.7 Å². The quantitative estimate of drug-likeness (QED) is 0.913.